The molecule has 2 aromatic carbocycles. The summed E-state index contributed by atoms with van der Waals surface area (Å²) in [6, 6.07) is 17.2. The quantitative estimate of drug-likeness (QED) is 0.546. The Morgan fingerprint density at radius 1 is 1.19 bits per heavy atom. The van der Waals surface area contributed by atoms with Gasteiger partial charge >= 0.3 is 12.1 Å². The lowest BCUT2D eigenvalue weighted by Crippen LogP contribution is -2.29. The first kappa shape index (κ1) is 22.7. The molecule has 31 heavy (non-hydrogen) atoms. The van der Waals surface area contributed by atoms with Crippen molar-refractivity contribution in [3.63, 3.8) is 0 Å². The van der Waals surface area contributed by atoms with Crippen LogP contribution in [0.15, 0.2) is 65.7 Å². The number of halogens is 4. The van der Waals surface area contributed by atoms with E-state index in [2.05, 4.69) is 0 Å². The van der Waals surface area contributed by atoms with Gasteiger partial charge in [-0.1, -0.05) is 61.9 Å². The first-order valence-electron chi connectivity index (χ1n) is 9.36. The molecule has 0 amide bonds. The number of allylic oxidation sites excluding steroid dienone is 2. The first-order valence-corrected chi connectivity index (χ1v) is 9.74. The summed E-state index contributed by atoms with van der Waals surface area (Å²) in [5.41, 5.74) is -2.58. The smallest absolute Gasteiger partial charge is 0.426 e. The normalized spacial score (nSPS) is 23.5. The van der Waals surface area contributed by atoms with Crippen LogP contribution in [0.1, 0.15) is 25.3 Å². The van der Waals surface area contributed by atoms with Gasteiger partial charge < -0.3 is 9.84 Å². The molecule has 3 atom stereocenters. The van der Waals surface area contributed by atoms with Crippen LogP contribution in [0.3, 0.4) is 0 Å². The van der Waals surface area contributed by atoms with Crippen LogP contribution < -0.4 is 4.74 Å². The monoisotopic (exact) mass is 449 g/mol. The van der Waals surface area contributed by atoms with Gasteiger partial charge in [0, 0.05) is 5.92 Å². The van der Waals surface area contributed by atoms with Gasteiger partial charge in [0.15, 0.2) is 0 Å². The van der Waals surface area contributed by atoms with E-state index < -0.39 is 39.8 Å². The molecule has 0 radical (unpaired) electrons. The highest BCUT2D eigenvalue weighted by Crippen LogP contribution is 2.75. The van der Waals surface area contributed by atoms with Gasteiger partial charge in [-0.15, -0.1) is 0 Å². The van der Waals surface area contributed by atoms with Crippen molar-refractivity contribution in [1.82, 2.24) is 0 Å². The molecule has 3 rings (SSSR count). The summed E-state index contributed by atoms with van der Waals surface area (Å²) >= 11 is 5.40. The van der Waals surface area contributed by atoms with Crippen LogP contribution in [0.4, 0.5) is 13.2 Å². The molecule has 0 saturated heterocycles. The van der Waals surface area contributed by atoms with Gasteiger partial charge in [0.1, 0.15) is 21.9 Å². The maximum absolute atomic E-state index is 13.0. The Bertz CT molecular complexity index is 1060. The Labute approximate surface area is 182 Å². The van der Waals surface area contributed by atoms with Crippen LogP contribution >= 0.6 is 11.6 Å². The molecule has 1 fully saturated rings. The number of aliphatic carboxylic acids is 1. The number of nitrogens with zero attached hydrogens (tertiary/aromatic N) is 1. The van der Waals surface area contributed by atoms with E-state index in [0.717, 1.165) is 0 Å². The number of carbonyl (C=O) groups is 1. The highest BCUT2D eigenvalue weighted by Gasteiger charge is 2.78. The number of benzene rings is 2. The third-order valence-electron chi connectivity index (χ3n) is 5.94. The fourth-order valence-corrected chi connectivity index (χ4v) is 4.45. The molecule has 0 spiro atoms. The molecule has 1 N–H and O–H groups in total. The molecule has 1 saturated carbocycles. The van der Waals surface area contributed by atoms with E-state index in [1.165, 1.54) is 19.9 Å². The molecule has 162 valence electrons. The summed E-state index contributed by atoms with van der Waals surface area (Å²) in [6.45, 7) is 3.05. The number of para-hydroxylation sites is 1. The van der Waals surface area contributed by atoms with Gasteiger partial charge in [0.2, 0.25) is 0 Å². The fraction of sp³-hybridized carbons (Fsp3) is 0.304. The number of hydrogen-bond donors (Lipinski definition) is 1. The molecule has 0 aliphatic heterocycles. The lowest BCUT2D eigenvalue weighted by atomic mass is 9.78. The Hall–Kier alpha value is -2.98. The third kappa shape index (κ3) is 3.88. The summed E-state index contributed by atoms with van der Waals surface area (Å²) in [5.74, 6) is -2.74. The summed E-state index contributed by atoms with van der Waals surface area (Å²) in [5, 5.41) is 18.6. The van der Waals surface area contributed by atoms with Gasteiger partial charge in [-0.25, -0.2) is 0 Å². The fourth-order valence-electron chi connectivity index (χ4n) is 4.32. The van der Waals surface area contributed by atoms with E-state index in [4.69, 9.17) is 16.3 Å². The molecular formula is C23H19ClF3NO3. The minimum Gasteiger partial charge on any atom is -0.481 e. The predicted octanol–water partition coefficient (Wildman–Crippen LogP) is 6.50. The number of ether oxygens (including phenoxy) is 1. The Balaban J connectivity index is 2.03. The van der Waals surface area contributed by atoms with E-state index in [0.29, 0.717) is 23.1 Å². The van der Waals surface area contributed by atoms with Gasteiger partial charge in [-0.05, 0) is 35.2 Å². The topological polar surface area (TPSA) is 70.3 Å². The van der Waals surface area contributed by atoms with E-state index in [-0.39, 0.29) is 0 Å². The van der Waals surface area contributed by atoms with Crippen molar-refractivity contribution in [3.05, 3.63) is 71.3 Å². The number of nitriles is 1. The molecule has 1 aliphatic rings. The Morgan fingerprint density at radius 3 is 2.35 bits per heavy atom. The standard InChI is InChI=1S/C23H19ClF3NO3/c1-21(2)18(12-19(24)23(25,26)27)22(21,20(29)30)17(13-28)14-7-6-10-16(11-14)31-15-8-4-3-5-9-15/h3-12,17-18H,1-2H3,(H,29,30)/b19-12+/t17-,18?,22+/m1/s1. The number of carboxylic acid groups (broad SMARTS) is 1. The second-order valence-electron chi connectivity index (χ2n) is 7.94. The van der Waals surface area contributed by atoms with Crippen molar-refractivity contribution in [2.24, 2.45) is 16.7 Å². The summed E-state index contributed by atoms with van der Waals surface area (Å²) in [7, 11) is 0. The predicted molar refractivity (Wildman–Crippen MR) is 109 cm³/mol. The SMILES string of the molecule is CC1(C)C(/C=C(/Cl)C(F)(F)F)[C@]1(C(=O)O)[C@H](C#N)c1cccc(Oc2ccccc2)c1. The lowest BCUT2D eigenvalue weighted by Gasteiger charge is -2.22. The lowest BCUT2D eigenvalue weighted by molar-refractivity contribution is -0.145. The van der Waals surface area contributed by atoms with Crippen molar-refractivity contribution in [2.75, 3.05) is 0 Å². The summed E-state index contributed by atoms with van der Waals surface area (Å²) < 4.78 is 44.7. The van der Waals surface area contributed by atoms with Gasteiger partial charge in [-0.2, -0.15) is 18.4 Å². The summed E-state index contributed by atoms with van der Waals surface area (Å²) in [6.07, 6.45) is -4.08. The van der Waals surface area contributed by atoms with Gasteiger partial charge in [0.05, 0.1) is 12.0 Å². The van der Waals surface area contributed by atoms with Crippen LogP contribution in [0, 0.1) is 28.1 Å². The maximum Gasteiger partial charge on any atom is 0.426 e. The number of hydrogen-bond acceptors (Lipinski definition) is 3. The van der Waals surface area contributed by atoms with Crippen LogP contribution in [-0.2, 0) is 4.79 Å². The van der Waals surface area contributed by atoms with Crippen LogP contribution in [0.25, 0.3) is 0 Å². The van der Waals surface area contributed by atoms with Crippen LogP contribution in [-0.4, -0.2) is 17.3 Å². The van der Waals surface area contributed by atoms with Gasteiger partial charge in [0.25, 0.3) is 0 Å². The maximum atomic E-state index is 13.0. The zero-order valence-electron chi connectivity index (χ0n) is 16.7. The van der Waals surface area contributed by atoms with Crippen molar-refractivity contribution in [3.8, 4) is 17.6 Å². The zero-order chi connectivity index (χ0) is 23.0. The highest BCUT2D eigenvalue weighted by atomic mass is 35.5. The second-order valence-corrected chi connectivity index (χ2v) is 8.34. The molecule has 8 heteroatoms. The zero-order valence-corrected chi connectivity index (χ0v) is 17.4. The van der Waals surface area contributed by atoms with E-state index in [9.17, 15) is 28.3 Å². The van der Waals surface area contributed by atoms with Crippen molar-refractivity contribution >= 4 is 17.6 Å². The first-order chi connectivity index (χ1) is 14.5. The van der Waals surface area contributed by atoms with Crippen LogP contribution in [0.2, 0.25) is 0 Å². The van der Waals surface area contributed by atoms with Crippen molar-refractivity contribution < 1.29 is 27.8 Å². The molecular weight excluding hydrogens is 431 g/mol. The molecule has 0 heterocycles. The van der Waals surface area contributed by atoms with Gasteiger partial charge in [-0.3, -0.25) is 4.79 Å². The molecule has 0 bridgehead atoms. The minimum absolute atomic E-state index is 0.338. The van der Waals surface area contributed by atoms with Crippen molar-refractivity contribution in [2.45, 2.75) is 25.9 Å². The third-order valence-corrected chi connectivity index (χ3v) is 6.28. The van der Waals surface area contributed by atoms with Crippen LogP contribution in [0.5, 0.6) is 11.5 Å². The number of carboxylic acids is 1. The molecule has 0 aromatic heterocycles. The molecule has 1 unspecified atom stereocenters. The number of rotatable bonds is 6. The largest absolute Gasteiger partial charge is 0.481 e. The Kier molecular flexibility index (Phi) is 5.81. The van der Waals surface area contributed by atoms with E-state index >= 15 is 0 Å². The summed E-state index contributed by atoms with van der Waals surface area (Å²) in [4.78, 5) is 12.4. The van der Waals surface area contributed by atoms with Crippen molar-refractivity contribution in [1.29, 1.82) is 5.26 Å². The average Bonchev–Trinajstić information content (AvgIpc) is 3.18. The average molecular weight is 450 g/mol. The number of alkyl halides is 3. The molecule has 2 aromatic rings. The highest BCUT2D eigenvalue weighted by molar-refractivity contribution is 6.30. The van der Waals surface area contributed by atoms with E-state index in [1.54, 1.807) is 42.5 Å². The molecule has 4 nitrogen and oxygen atoms in total. The Morgan fingerprint density at radius 2 is 1.81 bits per heavy atom. The minimum atomic E-state index is -4.80. The molecule has 1 aliphatic carbocycles. The second kappa shape index (κ2) is 7.93. The van der Waals surface area contributed by atoms with E-state index in [1.807, 2.05) is 12.1 Å².